The Hall–Kier alpha value is -1.41. The molecule has 0 saturated heterocycles. The Kier molecular flexibility index (Phi) is 4.44. The highest BCUT2D eigenvalue weighted by atomic mass is 79.9. The van der Waals surface area contributed by atoms with E-state index in [1.807, 2.05) is 6.07 Å². The summed E-state index contributed by atoms with van der Waals surface area (Å²) in [7, 11) is 0. The first kappa shape index (κ1) is 12.7. The lowest BCUT2D eigenvalue weighted by molar-refractivity contribution is -0.142. The van der Waals surface area contributed by atoms with Crippen molar-refractivity contribution in [3.8, 4) is 6.07 Å². The summed E-state index contributed by atoms with van der Waals surface area (Å²) in [6, 6.07) is 4.42. The fourth-order valence-electron chi connectivity index (χ4n) is 1.18. The van der Waals surface area contributed by atoms with Crippen LogP contribution in [0.1, 0.15) is 18.1 Å². The first-order valence-corrected chi connectivity index (χ1v) is 5.41. The molecule has 0 aliphatic rings. The number of esters is 1. The quantitative estimate of drug-likeness (QED) is 0.802. The molecule has 5 heteroatoms. The second kappa shape index (κ2) is 5.61. The lowest BCUT2D eigenvalue weighted by Crippen LogP contribution is -2.09. The van der Waals surface area contributed by atoms with Gasteiger partial charge in [-0.05, 0) is 35.0 Å². The molecule has 0 bridgehead atoms. The van der Waals surface area contributed by atoms with Crippen molar-refractivity contribution < 1.29 is 13.9 Å². The third-order valence-electron chi connectivity index (χ3n) is 1.90. The Balaban J connectivity index is 2.97. The van der Waals surface area contributed by atoms with Crippen molar-refractivity contribution in [2.24, 2.45) is 0 Å². The fourth-order valence-corrected chi connectivity index (χ4v) is 1.59. The molecular formula is C11H9BrFNO2. The molecule has 0 saturated carbocycles. The number of hydrogen-bond acceptors (Lipinski definition) is 3. The predicted octanol–water partition coefficient (Wildman–Crippen LogP) is 2.57. The third-order valence-corrected chi connectivity index (χ3v) is 2.55. The number of rotatable bonds is 3. The van der Waals surface area contributed by atoms with E-state index in [0.717, 1.165) is 0 Å². The minimum absolute atomic E-state index is 0.165. The zero-order valence-corrected chi connectivity index (χ0v) is 10.2. The van der Waals surface area contributed by atoms with Crippen molar-refractivity contribution in [1.29, 1.82) is 5.26 Å². The number of nitrogens with zero attached hydrogens (tertiary/aromatic N) is 1. The highest BCUT2D eigenvalue weighted by molar-refractivity contribution is 9.10. The third kappa shape index (κ3) is 3.04. The van der Waals surface area contributed by atoms with Gasteiger partial charge in [0.05, 0.1) is 18.6 Å². The van der Waals surface area contributed by atoms with Gasteiger partial charge in [-0.1, -0.05) is 0 Å². The van der Waals surface area contributed by atoms with Gasteiger partial charge in [0.2, 0.25) is 0 Å². The van der Waals surface area contributed by atoms with Gasteiger partial charge in [0, 0.05) is 10.0 Å². The molecule has 84 valence electrons. The lowest BCUT2D eigenvalue weighted by atomic mass is 10.1. The summed E-state index contributed by atoms with van der Waals surface area (Å²) in [6.07, 6.45) is -0.165. The van der Waals surface area contributed by atoms with Crippen LogP contribution >= 0.6 is 15.9 Å². The first-order chi connectivity index (χ1) is 7.58. The van der Waals surface area contributed by atoms with Gasteiger partial charge in [-0.2, -0.15) is 5.26 Å². The molecule has 1 aromatic carbocycles. The Morgan fingerprint density at radius 3 is 2.88 bits per heavy atom. The number of ether oxygens (including phenoxy) is 1. The van der Waals surface area contributed by atoms with Crippen LogP contribution in [0.2, 0.25) is 0 Å². The molecule has 0 N–H and O–H groups in total. The summed E-state index contributed by atoms with van der Waals surface area (Å²) in [6.45, 7) is 1.93. The van der Waals surface area contributed by atoms with E-state index in [9.17, 15) is 9.18 Å². The van der Waals surface area contributed by atoms with Crippen LogP contribution in [-0.2, 0) is 16.0 Å². The zero-order valence-electron chi connectivity index (χ0n) is 8.59. The molecule has 0 fully saturated rings. The van der Waals surface area contributed by atoms with Crippen LogP contribution in [0, 0.1) is 17.1 Å². The van der Waals surface area contributed by atoms with Crippen molar-refractivity contribution in [3.63, 3.8) is 0 Å². The molecule has 0 aliphatic carbocycles. The largest absolute Gasteiger partial charge is 0.466 e. The second-order valence-corrected chi connectivity index (χ2v) is 3.87. The maximum absolute atomic E-state index is 13.4. The van der Waals surface area contributed by atoms with E-state index in [4.69, 9.17) is 10.00 Å². The van der Waals surface area contributed by atoms with Gasteiger partial charge in [0.15, 0.2) is 0 Å². The summed E-state index contributed by atoms with van der Waals surface area (Å²) in [5.41, 5.74) is 0.457. The predicted molar refractivity (Wildman–Crippen MR) is 59.2 cm³/mol. The van der Waals surface area contributed by atoms with Crippen LogP contribution in [0.3, 0.4) is 0 Å². The molecule has 0 spiro atoms. The van der Waals surface area contributed by atoms with Crippen LogP contribution in [0.25, 0.3) is 0 Å². The molecule has 0 radical (unpaired) electrons. The number of nitriles is 1. The van der Waals surface area contributed by atoms with Gasteiger partial charge in [0.1, 0.15) is 11.9 Å². The molecule has 3 nitrogen and oxygen atoms in total. The molecule has 0 aliphatic heterocycles. The minimum atomic E-state index is -0.529. The van der Waals surface area contributed by atoms with Gasteiger partial charge in [-0.3, -0.25) is 4.79 Å². The van der Waals surface area contributed by atoms with Crippen molar-refractivity contribution in [2.75, 3.05) is 6.61 Å². The van der Waals surface area contributed by atoms with E-state index >= 15 is 0 Å². The molecule has 0 amide bonds. The lowest BCUT2D eigenvalue weighted by Gasteiger charge is -2.05. The number of hydrogen-bond donors (Lipinski definition) is 0. The van der Waals surface area contributed by atoms with Gasteiger partial charge >= 0.3 is 5.97 Å². The van der Waals surface area contributed by atoms with Gasteiger partial charge in [0.25, 0.3) is 0 Å². The van der Waals surface area contributed by atoms with Crippen LogP contribution < -0.4 is 0 Å². The van der Waals surface area contributed by atoms with Crippen LogP contribution in [0.4, 0.5) is 4.39 Å². The standard InChI is InChI=1S/C11H9BrFNO2/c1-2-16-11(15)4-7-3-8(6-14)9(12)5-10(7)13/h3,5H,2,4H2,1H3. The van der Waals surface area contributed by atoms with Crippen LogP contribution in [-0.4, -0.2) is 12.6 Å². The molecule has 0 atom stereocenters. The highest BCUT2D eigenvalue weighted by Gasteiger charge is 2.12. The molecule has 0 aromatic heterocycles. The molecule has 0 heterocycles. The monoisotopic (exact) mass is 285 g/mol. The molecular weight excluding hydrogens is 277 g/mol. The van der Waals surface area contributed by atoms with Crippen molar-refractivity contribution in [2.45, 2.75) is 13.3 Å². The Bertz CT molecular complexity index is 454. The second-order valence-electron chi connectivity index (χ2n) is 3.02. The van der Waals surface area contributed by atoms with E-state index in [-0.39, 0.29) is 18.6 Å². The average Bonchev–Trinajstić information content (AvgIpc) is 2.22. The Labute approximate surface area is 101 Å². The molecule has 0 unspecified atom stereocenters. The van der Waals surface area contributed by atoms with Crippen molar-refractivity contribution >= 4 is 21.9 Å². The normalized spacial score (nSPS) is 9.62. The number of carbonyl (C=O) groups is 1. The summed E-state index contributed by atoms with van der Waals surface area (Å²) < 4.78 is 18.5. The average molecular weight is 286 g/mol. The van der Waals surface area contributed by atoms with E-state index < -0.39 is 11.8 Å². The van der Waals surface area contributed by atoms with Gasteiger partial charge in [-0.15, -0.1) is 0 Å². The summed E-state index contributed by atoms with van der Waals surface area (Å²) in [5, 5.41) is 8.75. The Morgan fingerprint density at radius 2 is 2.31 bits per heavy atom. The zero-order chi connectivity index (χ0) is 12.1. The number of carbonyl (C=O) groups excluding carboxylic acids is 1. The summed E-state index contributed by atoms with van der Waals surface area (Å²) in [4.78, 5) is 11.2. The van der Waals surface area contributed by atoms with Crippen molar-refractivity contribution in [1.82, 2.24) is 0 Å². The molecule has 16 heavy (non-hydrogen) atoms. The van der Waals surface area contributed by atoms with Crippen LogP contribution in [0.5, 0.6) is 0 Å². The van der Waals surface area contributed by atoms with Crippen LogP contribution in [0.15, 0.2) is 16.6 Å². The minimum Gasteiger partial charge on any atom is -0.466 e. The van der Waals surface area contributed by atoms with E-state index in [0.29, 0.717) is 10.0 Å². The van der Waals surface area contributed by atoms with E-state index in [1.165, 1.54) is 12.1 Å². The van der Waals surface area contributed by atoms with Crippen molar-refractivity contribution in [3.05, 3.63) is 33.5 Å². The Morgan fingerprint density at radius 1 is 1.62 bits per heavy atom. The van der Waals surface area contributed by atoms with Gasteiger partial charge in [-0.25, -0.2) is 4.39 Å². The number of halogens is 2. The molecule has 1 rings (SSSR count). The fraction of sp³-hybridized carbons (Fsp3) is 0.273. The first-order valence-electron chi connectivity index (χ1n) is 4.62. The topological polar surface area (TPSA) is 50.1 Å². The number of benzene rings is 1. The smallest absolute Gasteiger partial charge is 0.310 e. The van der Waals surface area contributed by atoms with Gasteiger partial charge < -0.3 is 4.74 Å². The van der Waals surface area contributed by atoms with E-state index in [1.54, 1.807) is 6.92 Å². The SMILES string of the molecule is CCOC(=O)Cc1cc(C#N)c(Br)cc1F. The summed E-state index contributed by atoms with van der Waals surface area (Å²) >= 11 is 3.06. The summed E-state index contributed by atoms with van der Waals surface area (Å²) in [5.74, 6) is -1.04. The molecule has 1 aromatic rings. The maximum atomic E-state index is 13.4. The highest BCUT2D eigenvalue weighted by Crippen LogP contribution is 2.21. The maximum Gasteiger partial charge on any atom is 0.310 e. The van der Waals surface area contributed by atoms with E-state index in [2.05, 4.69) is 15.9 Å².